The Kier molecular flexibility index (Phi) is 3.14. The van der Waals surface area contributed by atoms with Gasteiger partial charge in [0.2, 0.25) is 5.78 Å². The molecule has 3 aromatic rings. The Morgan fingerprint density at radius 2 is 2.05 bits per heavy atom. The molecule has 0 radical (unpaired) electrons. The van der Waals surface area contributed by atoms with Gasteiger partial charge in [-0.2, -0.15) is 0 Å². The Labute approximate surface area is 116 Å². The fourth-order valence-electron chi connectivity index (χ4n) is 1.99. The van der Waals surface area contributed by atoms with Gasteiger partial charge in [-0.3, -0.25) is 4.40 Å². The first-order chi connectivity index (χ1) is 9.31. The maximum atomic E-state index is 4.56. The summed E-state index contributed by atoms with van der Waals surface area (Å²) >= 11 is 1.52. The van der Waals surface area contributed by atoms with Crippen molar-refractivity contribution < 1.29 is 0 Å². The van der Waals surface area contributed by atoms with Crippen LogP contribution < -0.4 is 0 Å². The first-order valence-electron chi connectivity index (χ1n) is 6.19. The van der Waals surface area contributed by atoms with E-state index in [0.29, 0.717) is 0 Å². The first-order valence-corrected chi connectivity index (χ1v) is 7.01. The van der Waals surface area contributed by atoms with Crippen molar-refractivity contribution >= 4 is 28.6 Å². The van der Waals surface area contributed by atoms with Crippen LogP contribution in [0.4, 0.5) is 0 Å². The van der Waals surface area contributed by atoms with Crippen LogP contribution >= 0.6 is 11.8 Å². The predicted molar refractivity (Wildman–Crippen MR) is 79.2 cm³/mol. The Morgan fingerprint density at radius 1 is 1.21 bits per heavy atom. The van der Waals surface area contributed by atoms with Crippen LogP contribution in [0, 0.1) is 18.1 Å². The van der Waals surface area contributed by atoms with Gasteiger partial charge in [0.1, 0.15) is 5.03 Å². The average molecular weight is 267 g/mol. The Balaban J connectivity index is 2.28. The van der Waals surface area contributed by atoms with E-state index in [-0.39, 0.29) is 0 Å². The van der Waals surface area contributed by atoms with Gasteiger partial charge >= 0.3 is 0 Å². The van der Waals surface area contributed by atoms with Gasteiger partial charge in [-0.05, 0) is 36.1 Å². The van der Waals surface area contributed by atoms with Crippen molar-refractivity contribution in [3.05, 3.63) is 36.0 Å². The summed E-state index contributed by atoms with van der Waals surface area (Å²) in [4.78, 5) is 9.07. The zero-order valence-electron chi connectivity index (χ0n) is 10.8. The SMILES string of the molecule is CCC#CSc1c(C)nc2nc3cccccc3n12. The van der Waals surface area contributed by atoms with E-state index < -0.39 is 0 Å². The molecule has 0 atom stereocenters. The maximum absolute atomic E-state index is 4.56. The molecule has 1 aromatic carbocycles. The third-order valence-corrected chi connectivity index (χ3v) is 3.75. The van der Waals surface area contributed by atoms with E-state index in [4.69, 9.17) is 0 Å². The molecular formula is C15H13N3S. The van der Waals surface area contributed by atoms with Crippen molar-refractivity contribution in [2.45, 2.75) is 25.3 Å². The highest BCUT2D eigenvalue weighted by Crippen LogP contribution is 2.27. The zero-order chi connectivity index (χ0) is 13.2. The number of aromatic nitrogens is 3. The second-order valence-electron chi connectivity index (χ2n) is 4.17. The summed E-state index contributed by atoms with van der Waals surface area (Å²) in [5.41, 5.74) is 3.01. The largest absolute Gasteiger partial charge is 0.268 e. The van der Waals surface area contributed by atoms with Crippen LogP contribution in [0.15, 0.2) is 35.4 Å². The molecule has 0 spiro atoms. The normalized spacial score (nSPS) is 10.6. The topological polar surface area (TPSA) is 30.2 Å². The fourth-order valence-corrected chi connectivity index (χ4v) is 2.77. The van der Waals surface area contributed by atoms with Gasteiger partial charge in [-0.25, -0.2) is 9.97 Å². The highest BCUT2D eigenvalue weighted by atomic mass is 32.2. The third-order valence-electron chi connectivity index (χ3n) is 2.83. The molecular weight excluding hydrogens is 254 g/mol. The van der Waals surface area contributed by atoms with E-state index in [0.717, 1.165) is 34.0 Å². The van der Waals surface area contributed by atoms with Crippen LogP contribution in [0.3, 0.4) is 0 Å². The summed E-state index contributed by atoms with van der Waals surface area (Å²) in [6.45, 7) is 4.05. The van der Waals surface area contributed by atoms with Gasteiger partial charge in [0.05, 0.1) is 16.7 Å². The van der Waals surface area contributed by atoms with Crippen LogP contribution in [0.2, 0.25) is 0 Å². The summed E-state index contributed by atoms with van der Waals surface area (Å²) in [5, 5.41) is 4.17. The second-order valence-corrected chi connectivity index (χ2v) is 4.96. The van der Waals surface area contributed by atoms with Crippen molar-refractivity contribution in [1.29, 1.82) is 0 Å². The number of aryl methyl sites for hydroxylation is 1. The minimum atomic E-state index is 0.750. The molecule has 2 aromatic heterocycles. The van der Waals surface area contributed by atoms with Gasteiger partial charge < -0.3 is 0 Å². The quantitative estimate of drug-likeness (QED) is 0.498. The molecule has 0 amide bonds. The summed E-state index contributed by atoms with van der Waals surface area (Å²) in [7, 11) is 0. The monoisotopic (exact) mass is 267 g/mol. The molecule has 0 saturated carbocycles. The summed E-state index contributed by atoms with van der Waals surface area (Å²) in [5.74, 6) is 3.83. The summed E-state index contributed by atoms with van der Waals surface area (Å²) in [6, 6.07) is 10.1. The maximum Gasteiger partial charge on any atom is 0.236 e. The smallest absolute Gasteiger partial charge is 0.236 e. The van der Waals surface area contributed by atoms with E-state index in [1.165, 1.54) is 11.8 Å². The number of imidazole rings is 2. The summed E-state index contributed by atoms with van der Waals surface area (Å²) in [6.07, 6.45) is 0.864. The highest BCUT2D eigenvalue weighted by Gasteiger charge is 2.13. The Bertz CT molecular complexity index is 808. The lowest BCUT2D eigenvalue weighted by Crippen LogP contribution is -1.82. The van der Waals surface area contributed by atoms with Gasteiger partial charge in [-0.15, -0.1) is 0 Å². The van der Waals surface area contributed by atoms with Gasteiger partial charge in [0, 0.05) is 6.42 Å². The van der Waals surface area contributed by atoms with Crippen molar-refractivity contribution in [2.75, 3.05) is 0 Å². The number of nitrogens with zero attached hydrogens (tertiary/aromatic N) is 3. The molecule has 0 saturated heterocycles. The molecule has 2 heterocycles. The van der Waals surface area contributed by atoms with Crippen molar-refractivity contribution in [3.63, 3.8) is 0 Å². The number of fused-ring (bicyclic) bond motifs is 3. The molecule has 0 fully saturated rings. The van der Waals surface area contributed by atoms with Crippen LogP contribution in [-0.2, 0) is 0 Å². The predicted octanol–water partition coefficient (Wildman–Crippen LogP) is 3.65. The minimum Gasteiger partial charge on any atom is -0.268 e. The number of rotatable bonds is 1. The van der Waals surface area contributed by atoms with Crippen LogP contribution in [0.1, 0.15) is 19.0 Å². The number of thioether (sulfide) groups is 1. The minimum absolute atomic E-state index is 0.750. The standard InChI is InChI=1S/C15H13N3S/c1-3-4-10-19-14-11(2)16-15-17-12-8-6-5-7-9-13(12)18(14)15/h5-9H,3H2,1-2H3. The molecule has 4 heteroatoms. The van der Waals surface area contributed by atoms with E-state index in [9.17, 15) is 0 Å². The van der Waals surface area contributed by atoms with E-state index in [1.54, 1.807) is 0 Å². The molecule has 0 aliphatic rings. The lowest BCUT2D eigenvalue weighted by molar-refractivity contribution is 1.08. The fraction of sp³-hybridized carbons (Fsp3) is 0.200. The highest BCUT2D eigenvalue weighted by molar-refractivity contribution is 8.03. The van der Waals surface area contributed by atoms with Crippen molar-refractivity contribution in [2.24, 2.45) is 0 Å². The van der Waals surface area contributed by atoms with E-state index in [1.807, 2.05) is 38.1 Å². The van der Waals surface area contributed by atoms with Gasteiger partial charge in [-0.1, -0.05) is 31.0 Å². The molecule has 3 rings (SSSR count). The van der Waals surface area contributed by atoms with Crippen LogP contribution in [0.5, 0.6) is 0 Å². The number of hydrogen-bond donors (Lipinski definition) is 0. The molecule has 0 aliphatic carbocycles. The lowest BCUT2D eigenvalue weighted by Gasteiger charge is -1.94. The molecule has 0 unspecified atom stereocenters. The average Bonchev–Trinajstić information content (AvgIpc) is 2.76. The van der Waals surface area contributed by atoms with Crippen LogP contribution in [-0.4, -0.2) is 14.4 Å². The molecule has 0 aliphatic heterocycles. The Morgan fingerprint density at radius 3 is 2.89 bits per heavy atom. The molecule has 3 nitrogen and oxygen atoms in total. The zero-order valence-corrected chi connectivity index (χ0v) is 11.7. The summed E-state index contributed by atoms with van der Waals surface area (Å²) < 4.78 is 2.08. The molecule has 0 N–H and O–H groups in total. The third kappa shape index (κ3) is 2.06. The van der Waals surface area contributed by atoms with Crippen molar-refractivity contribution in [3.8, 4) is 11.2 Å². The number of hydrogen-bond acceptors (Lipinski definition) is 3. The van der Waals surface area contributed by atoms with Gasteiger partial charge in [0.15, 0.2) is 0 Å². The molecule has 19 heavy (non-hydrogen) atoms. The second kappa shape index (κ2) is 4.94. The lowest BCUT2D eigenvalue weighted by atomic mass is 10.4. The molecule has 0 bridgehead atoms. The van der Waals surface area contributed by atoms with Gasteiger partial charge in [0.25, 0.3) is 0 Å². The molecule has 94 valence electrons. The first kappa shape index (κ1) is 12.1. The van der Waals surface area contributed by atoms with E-state index in [2.05, 4.69) is 31.6 Å². The van der Waals surface area contributed by atoms with Crippen LogP contribution in [0.25, 0.3) is 16.8 Å². The Hall–Kier alpha value is -1.99. The van der Waals surface area contributed by atoms with E-state index >= 15 is 0 Å². The van der Waals surface area contributed by atoms with Crippen molar-refractivity contribution in [1.82, 2.24) is 14.4 Å².